The van der Waals surface area contributed by atoms with Gasteiger partial charge in [-0.05, 0) is 31.2 Å². The van der Waals surface area contributed by atoms with Crippen molar-refractivity contribution in [3.8, 4) is 11.6 Å². The van der Waals surface area contributed by atoms with Crippen molar-refractivity contribution in [2.45, 2.75) is 6.92 Å². The summed E-state index contributed by atoms with van der Waals surface area (Å²) in [5.74, 6) is -0.709. The SMILES string of the molecule is Cc1ccc(Oc2ncnc(NNC(=O)c3ccccc3Cl)c2[N+](=O)[O-])cc1. The Kier molecular flexibility index (Phi) is 5.66. The molecule has 1 heterocycles. The van der Waals surface area contributed by atoms with Gasteiger partial charge in [-0.1, -0.05) is 41.4 Å². The lowest BCUT2D eigenvalue weighted by molar-refractivity contribution is -0.385. The molecule has 0 bridgehead atoms. The van der Waals surface area contributed by atoms with E-state index in [0.29, 0.717) is 5.75 Å². The van der Waals surface area contributed by atoms with Crippen LogP contribution in [-0.4, -0.2) is 20.8 Å². The fraction of sp³-hybridized carbons (Fsp3) is 0.0556. The number of nitro groups is 1. The predicted octanol–water partition coefficient (Wildman–Crippen LogP) is 3.90. The molecule has 0 saturated heterocycles. The van der Waals surface area contributed by atoms with Gasteiger partial charge >= 0.3 is 11.6 Å². The van der Waals surface area contributed by atoms with Gasteiger partial charge < -0.3 is 4.74 Å². The van der Waals surface area contributed by atoms with E-state index < -0.39 is 16.5 Å². The molecule has 28 heavy (non-hydrogen) atoms. The highest BCUT2D eigenvalue weighted by Crippen LogP contribution is 2.33. The number of halogens is 1. The average Bonchev–Trinajstić information content (AvgIpc) is 2.68. The molecule has 0 saturated carbocycles. The molecule has 3 aromatic rings. The van der Waals surface area contributed by atoms with Crippen LogP contribution in [0.1, 0.15) is 15.9 Å². The van der Waals surface area contributed by atoms with E-state index in [2.05, 4.69) is 20.8 Å². The van der Waals surface area contributed by atoms with E-state index in [1.165, 1.54) is 6.07 Å². The lowest BCUT2D eigenvalue weighted by atomic mass is 10.2. The molecular weight excluding hydrogens is 386 g/mol. The highest BCUT2D eigenvalue weighted by Gasteiger charge is 2.25. The first-order valence-electron chi connectivity index (χ1n) is 8.00. The summed E-state index contributed by atoms with van der Waals surface area (Å²) in [6, 6.07) is 13.3. The van der Waals surface area contributed by atoms with Gasteiger partial charge in [-0.3, -0.25) is 25.8 Å². The summed E-state index contributed by atoms with van der Waals surface area (Å²) < 4.78 is 5.51. The van der Waals surface area contributed by atoms with Crippen LogP contribution < -0.4 is 15.6 Å². The molecule has 142 valence electrons. The van der Waals surface area contributed by atoms with Crippen LogP contribution in [-0.2, 0) is 0 Å². The summed E-state index contributed by atoms with van der Waals surface area (Å²) in [6.45, 7) is 1.90. The third-order valence-electron chi connectivity index (χ3n) is 3.62. The number of carbonyl (C=O) groups is 1. The molecule has 3 rings (SSSR count). The van der Waals surface area contributed by atoms with Crippen molar-refractivity contribution in [1.29, 1.82) is 0 Å². The Bertz CT molecular complexity index is 1030. The van der Waals surface area contributed by atoms with Gasteiger partial charge in [0.25, 0.3) is 5.91 Å². The lowest BCUT2D eigenvalue weighted by Crippen LogP contribution is -2.30. The van der Waals surface area contributed by atoms with Gasteiger partial charge in [-0.15, -0.1) is 0 Å². The number of aryl methyl sites for hydroxylation is 1. The van der Waals surface area contributed by atoms with Gasteiger partial charge in [-0.2, -0.15) is 4.98 Å². The summed E-state index contributed by atoms with van der Waals surface area (Å²) in [7, 11) is 0. The first-order chi connectivity index (χ1) is 13.5. The van der Waals surface area contributed by atoms with Gasteiger partial charge in [0.05, 0.1) is 15.5 Å². The second kappa shape index (κ2) is 8.31. The minimum atomic E-state index is -0.701. The van der Waals surface area contributed by atoms with Crippen molar-refractivity contribution < 1.29 is 14.5 Å². The number of ether oxygens (including phenoxy) is 1. The van der Waals surface area contributed by atoms with Gasteiger partial charge in [0, 0.05) is 0 Å². The third kappa shape index (κ3) is 4.33. The smallest absolute Gasteiger partial charge is 0.374 e. The summed E-state index contributed by atoms with van der Waals surface area (Å²) in [5, 5.41) is 11.8. The van der Waals surface area contributed by atoms with E-state index in [-0.39, 0.29) is 22.3 Å². The molecule has 1 aromatic heterocycles. The van der Waals surface area contributed by atoms with Crippen LogP contribution >= 0.6 is 11.6 Å². The molecule has 0 radical (unpaired) electrons. The van der Waals surface area contributed by atoms with Crippen LogP contribution in [0.25, 0.3) is 0 Å². The zero-order valence-corrected chi connectivity index (χ0v) is 15.3. The minimum Gasteiger partial charge on any atom is -0.434 e. The highest BCUT2D eigenvalue weighted by molar-refractivity contribution is 6.33. The van der Waals surface area contributed by atoms with Crippen molar-refractivity contribution in [2.24, 2.45) is 0 Å². The molecule has 0 aliphatic heterocycles. The number of nitrogens with one attached hydrogen (secondary N) is 2. The van der Waals surface area contributed by atoms with Crippen LogP contribution in [0.3, 0.4) is 0 Å². The molecule has 9 nitrogen and oxygen atoms in total. The predicted molar refractivity (Wildman–Crippen MR) is 102 cm³/mol. The molecule has 0 aliphatic rings. The van der Waals surface area contributed by atoms with Crippen molar-refractivity contribution in [2.75, 3.05) is 5.43 Å². The zero-order valence-electron chi connectivity index (χ0n) is 14.5. The third-order valence-corrected chi connectivity index (χ3v) is 3.95. The number of anilines is 1. The number of aromatic nitrogens is 2. The summed E-state index contributed by atoms with van der Waals surface area (Å²) in [6.07, 6.45) is 1.08. The minimum absolute atomic E-state index is 0.199. The van der Waals surface area contributed by atoms with Crippen LogP contribution in [0.4, 0.5) is 11.5 Å². The van der Waals surface area contributed by atoms with Crippen molar-refractivity contribution in [3.63, 3.8) is 0 Å². The molecule has 0 atom stereocenters. The van der Waals surface area contributed by atoms with Gasteiger partial charge in [0.1, 0.15) is 12.1 Å². The maximum Gasteiger partial charge on any atom is 0.374 e. The lowest BCUT2D eigenvalue weighted by Gasteiger charge is -2.11. The van der Waals surface area contributed by atoms with Crippen molar-refractivity contribution in [3.05, 3.63) is 81.1 Å². The Hall–Kier alpha value is -3.72. The van der Waals surface area contributed by atoms with Gasteiger partial charge in [0.15, 0.2) is 0 Å². The molecule has 2 N–H and O–H groups in total. The quantitative estimate of drug-likeness (QED) is 0.476. The van der Waals surface area contributed by atoms with E-state index >= 15 is 0 Å². The molecule has 1 amide bonds. The Morgan fingerprint density at radius 3 is 2.54 bits per heavy atom. The maximum atomic E-state index is 12.2. The van der Waals surface area contributed by atoms with E-state index in [0.717, 1.165) is 11.9 Å². The number of hydrazine groups is 1. The topological polar surface area (TPSA) is 119 Å². The molecule has 2 aromatic carbocycles. The number of amides is 1. The van der Waals surface area contributed by atoms with Crippen molar-refractivity contribution >= 4 is 29.0 Å². The van der Waals surface area contributed by atoms with E-state index in [1.807, 2.05) is 6.92 Å². The van der Waals surface area contributed by atoms with E-state index in [9.17, 15) is 14.9 Å². The largest absolute Gasteiger partial charge is 0.434 e. The van der Waals surface area contributed by atoms with E-state index in [4.69, 9.17) is 16.3 Å². The Balaban J connectivity index is 1.83. The van der Waals surface area contributed by atoms with Gasteiger partial charge in [0.2, 0.25) is 5.82 Å². The highest BCUT2D eigenvalue weighted by atomic mass is 35.5. The monoisotopic (exact) mass is 399 g/mol. The standard InChI is InChI=1S/C18H14ClN5O4/c1-11-6-8-12(9-7-11)28-18-15(24(26)27)16(20-10-21-18)22-23-17(25)13-4-2-3-5-14(13)19/h2-10H,1H3,(H,23,25)(H,20,21,22). The number of carbonyl (C=O) groups excluding carboxylic acids is 1. The first-order valence-corrected chi connectivity index (χ1v) is 8.38. The average molecular weight is 400 g/mol. The van der Waals surface area contributed by atoms with Crippen LogP contribution in [0.2, 0.25) is 5.02 Å². The van der Waals surface area contributed by atoms with Crippen LogP contribution in [0, 0.1) is 17.0 Å². The van der Waals surface area contributed by atoms with Crippen LogP contribution in [0.5, 0.6) is 11.6 Å². The maximum absolute atomic E-state index is 12.2. The second-order valence-corrected chi connectivity index (χ2v) is 6.01. The normalized spacial score (nSPS) is 10.2. The Morgan fingerprint density at radius 2 is 1.86 bits per heavy atom. The fourth-order valence-electron chi connectivity index (χ4n) is 2.24. The summed E-state index contributed by atoms with van der Waals surface area (Å²) >= 11 is 5.97. The molecule has 0 aliphatic carbocycles. The number of rotatable bonds is 6. The molecule has 0 unspecified atom stereocenters. The zero-order chi connectivity index (χ0) is 20.1. The number of benzene rings is 2. The number of hydrogen-bond donors (Lipinski definition) is 2. The summed E-state index contributed by atoms with van der Waals surface area (Å²) in [4.78, 5) is 30.7. The first kappa shape index (κ1) is 19.1. The summed E-state index contributed by atoms with van der Waals surface area (Å²) in [5.41, 5.74) is 5.43. The molecule has 0 fully saturated rings. The molecular formula is C18H14ClN5O4. The molecule has 0 spiro atoms. The van der Waals surface area contributed by atoms with Crippen molar-refractivity contribution in [1.82, 2.24) is 15.4 Å². The van der Waals surface area contributed by atoms with Crippen LogP contribution in [0.15, 0.2) is 54.9 Å². The second-order valence-electron chi connectivity index (χ2n) is 5.61. The van der Waals surface area contributed by atoms with Gasteiger partial charge in [-0.25, -0.2) is 4.98 Å². The number of nitrogens with zero attached hydrogens (tertiary/aromatic N) is 3. The Labute approximate surface area is 164 Å². The Morgan fingerprint density at radius 1 is 1.14 bits per heavy atom. The number of hydrogen-bond acceptors (Lipinski definition) is 7. The fourth-order valence-corrected chi connectivity index (χ4v) is 2.46. The molecule has 10 heteroatoms. The van der Waals surface area contributed by atoms with E-state index in [1.54, 1.807) is 42.5 Å².